The summed E-state index contributed by atoms with van der Waals surface area (Å²) in [6.07, 6.45) is 5.36. The Morgan fingerprint density at radius 3 is 2.62 bits per heavy atom. The minimum atomic E-state index is 0. The van der Waals surface area contributed by atoms with Crippen molar-refractivity contribution in [3.8, 4) is 0 Å². The van der Waals surface area contributed by atoms with Crippen LogP contribution in [0, 0.1) is 5.92 Å². The van der Waals surface area contributed by atoms with Crippen LogP contribution in [-0.4, -0.2) is 58.3 Å². The molecule has 0 radical (unpaired) electrons. The van der Waals surface area contributed by atoms with Crippen molar-refractivity contribution >= 4 is 29.9 Å². The molecule has 0 saturated carbocycles. The lowest BCUT2D eigenvalue weighted by molar-refractivity contribution is 0.185. The van der Waals surface area contributed by atoms with Crippen LogP contribution in [-0.2, 0) is 13.6 Å². The summed E-state index contributed by atoms with van der Waals surface area (Å²) in [5.41, 5.74) is 0. The summed E-state index contributed by atoms with van der Waals surface area (Å²) in [7, 11) is 1.89. The number of hydrogen-bond acceptors (Lipinski definition) is 4. The molecule has 8 heteroatoms. The molecule has 138 valence electrons. The van der Waals surface area contributed by atoms with Crippen molar-refractivity contribution in [2.24, 2.45) is 18.0 Å². The second-order valence-corrected chi connectivity index (χ2v) is 6.16. The smallest absolute Gasteiger partial charge is 0.191 e. The monoisotopic (exact) mass is 449 g/mol. The van der Waals surface area contributed by atoms with E-state index in [1.165, 1.54) is 38.9 Å². The van der Waals surface area contributed by atoms with Gasteiger partial charge in [0, 0.05) is 20.1 Å². The first-order valence-corrected chi connectivity index (χ1v) is 8.80. The number of hydrogen-bond donors (Lipinski definition) is 2. The maximum absolute atomic E-state index is 4.61. The van der Waals surface area contributed by atoms with Gasteiger partial charge in [0.25, 0.3) is 0 Å². The molecule has 0 spiro atoms. The van der Waals surface area contributed by atoms with Crippen molar-refractivity contribution in [3.05, 3.63) is 12.2 Å². The summed E-state index contributed by atoms with van der Waals surface area (Å²) in [5, 5.41) is 10.9. The van der Waals surface area contributed by atoms with Gasteiger partial charge in [-0.1, -0.05) is 6.92 Å². The Labute approximate surface area is 162 Å². The molecule has 1 aliphatic heterocycles. The van der Waals surface area contributed by atoms with E-state index in [0.717, 1.165) is 30.8 Å². The molecule has 2 rings (SSSR count). The van der Waals surface area contributed by atoms with E-state index in [0.29, 0.717) is 6.54 Å². The fourth-order valence-corrected chi connectivity index (χ4v) is 2.93. The zero-order chi connectivity index (χ0) is 16.5. The average Bonchev–Trinajstić information content (AvgIpc) is 2.97. The maximum Gasteiger partial charge on any atom is 0.191 e. The Kier molecular flexibility index (Phi) is 10.2. The van der Waals surface area contributed by atoms with Crippen LogP contribution in [0.15, 0.2) is 11.3 Å². The van der Waals surface area contributed by atoms with Gasteiger partial charge in [0.15, 0.2) is 5.96 Å². The summed E-state index contributed by atoms with van der Waals surface area (Å²) in [6.45, 7) is 10.4. The molecule has 24 heavy (non-hydrogen) atoms. The number of nitrogens with one attached hydrogen (secondary N) is 2. The Morgan fingerprint density at radius 1 is 1.29 bits per heavy atom. The molecular weight excluding hydrogens is 417 g/mol. The predicted molar refractivity (Wildman–Crippen MR) is 109 cm³/mol. The van der Waals surface area contributed by atoms with E-state index in [1.807, 2.05) is 7.05 Å². The van der Waals surface area contributed by atoms with Crippen LogP contribution in [0.3, 0.4) is 0 Å². The van der Waals surface area contributed by atoms with E-state index < -0.39 is 0 Å². The van der Waals surface area contributed by atoms with E-state index in [2.05, 4.69) is 44.5 Å². The highest BCUT2D eigenvalue weighted by Gasteiger charge is 2.18. The molecule has 1 aliphatic rings. The van der Waals surface area contributed by atoms with E-state index in [1.54, 1.807) is 11.0 Å². The highest BCUT2D eigenvalue weighted by molar-refractivity contribution is 14.0. The van der Waals surface area contributed by atoms with E-state index in [-0.39, 0.29) is 24.0 Å². The molecule has 0 atom stereocenters. The van der Waals surface area contributed by atoms with Crippen molar-refractivity contribution in [2.45, 2.75) is 39.7 Å². The molecule has 2 N–H and O–H groups in total. The third kappa shape index (κ3) is 6.92. The number of rotatable bonds is 7. The molecule has 2 heterocycles. The van der Waals surface area contributed by atoms with Crippen LogP contribution >= 0.6 is 24.0 Å². The van der Waals surface area contributed by atoms with Crippen LogP contribution in [0.5, 0.6) is 0 Å². The molecule has 0 aromatic carbocycles. The van der Waals surface area contributed by atoms with Gasteiger partial charge in [-0.2, -0.15) is 5.10 Å². The molecule has 0 bridgehead atoms. The number of halogens is 1. The van der Waals surface area contributed by atoms with Gasteiger partial charge in [0.1, 0.15) is 18.7 Å². The first-order valence-electron chi connectivity index (χ1n) is 8.80. The summed E-state index contributed by atoms with van der Waals surface area (Å²) in [4.78, 5) is 11.4. The normalized spacial score (nSPS) is 16.7. The van der Waals surface area contributed by atoms with Gasteiger partial charge >= 0.3 is 0 Å². The number of aliphatic imine (C=N–C) groups is 1. The lowest BCUT2D eigenvalue weighted by Gasteiger charge is -2.32. The molecule has 0 aliphatic carbocycles. The fraction of sp³-hybridized carbons (Fsp3) is 0.812. The van der Waals surface area contributed by atoms with Gasteiger partial charge in [0.05, 0.1) is 0 Å². The summed E-state index contributed by atoms with van der Waals surface area (Å²) in [5.74, 6) is 2.48. The van der Waals surface area contributed by atoms with Crippen LogP contribution < -0.4 is 10.6 Å². The quantitative estimate of drug-likeness (QED) is 0.376. The summed E-state index contributed by atoms with van der Waals surface area (Å²) >= 11 is 0. The predicted octanol–water partition coefficient (Wildman–Crippen LogP) is 1.61. The molecular formula is C16H32IN7. The van der Waals surface area contributed by atoms with Crippen LogP contribution in [0.2, 0.25) is 0 Å². The summed E-state index contributed by atoms with van der Waals surface area (Å²) < 4.78 is 1.76. The minimum absolute atomic E-state index is 0. The first kappa shape index (κ1) is 21.1. The Morgan fingerprint density at radius 2 is 2.04 bits per heavy atom. The van der Waals surface area contributed by atoms with Gasteiger partial charge < -0.3 is 15.5 Å². The highest BCUT2D eigenvalue weighted by Crippen LogP contribution is 2.16. The number of aryl methyl sites for hydroxylation is 1. The molecule has 0 amide bonds. The van der Waals surface area contributed by atoms with Crippen LogP contribution in [0.4, 0.5) is 0 Å². The third-order valence-electron chi connectivity index (χ3n) is 4.33. The van der Waals surface area contributed by atoms with Gasteiger partial charge in [0.2, 0.25) is 0 Å². The molecule has 1 fully saturated rings. The topological polar surface area (TPSA) is 70.4 Å². The zero-order valence-corrected chi connectivity index (χ0v) is 17.5. The molecule has 0 unspecified atom stereocenters. The Bertz CT molecular complexity index is 481. The number of piperidine rings is 1. The second kappa shape index (κ2) is 11.6. The molecule has 1 aromatic rings. The number of likely N-dealkylation sites (tertiary alicyclic amines) is 1. The lowest BCUT2D eigenvalue weighted by atomic mass is 9.97. The van der Waals surface area contributed by atoms with Crippen molar-refractivity contribution in [3.63, 3.8) is 0 Å². The van der Waals surface area contributed by atoms with Gasteiger partial charge in [-0.3, -0.25) is 4.68 Å². The van der Waals surface area contributed by atoms with Gasteiger partial charge in [-0.25, -0.2) is 9.98 Å². The van der Waals surface area contributed by atoms with Crippen molar-refractivity contribution in [1.82, 2.24) is 30.3 Å². The van der Waals surface area contributed by atoms with Gasteiger partial charge in [-0.15, -0.1) is 24.0 Å². The molecule has 1 aromatic heterocycles. The van der Waals surface area contributed by atoms with Gasteiger partial charge in [-0.05, 0) is 51.7 Å². The largest absolute Gasteiger partial charge is 0.357 e. The fourth-order valence-electron chi connectivity index (χ4n) is 2.93. The molecule has 1 saturated heterocycles. The van der Waals surface area contributed by atoms with Crippen LogP contribution in [0.1, 0.15) is 38.9 Å². The van der Waals surface area contributed by atoms with Crippen molar-refractivity contribution < 1.29 is 0 Å². The Balaban J connectivity index is 0.00000288. The van der Waals surface area contributed by atoms with Crippen molar-refractivity contribution in [1.29, 1.82) is 0 Å². The lowest BCUT2D eigenvalue weighted by Crippen LogP contribution is -2.43. The third-order valence-corrected chi connectivity index (χ3v) is 4.33. The van der Waals surface area contributed by atoms with E-state index in [9.17, 15) is 0 Å². The van der Waals surface area contributed by atoms with Crippen LogP contribution in [0.25, 0.3) is 0 Å². The first-order chi connectivity index (χ1) is 11.2. The SMILES string of the molecule is CCCN1CCC(CNC(=NCc2ncnn2C)NCC)CC1.I. The molecule has 7 nitrogen and oxygen atoms in total. The van der Waals surface area contributed by atoms with Crippen molar-refractivity contribution in [2.75, 3.05) is 32.7 Å². The Hall–Kier alpha value is -0.900. The van der Waals surface area contributed by atoms with E-state index >= 15 is 0 Å². The summed E-state index contributed by atoms with van der Waals surface area (Å²) in [6, 6.07) is 0. The standard InChI is InChI=1S/C16H31N7.HI/c1-4-8-23-9-6-14(7-10-23)11-18-16(17-5-2)19-12-15-20-13-21-22(15)3;/h13-14H,4-12H2,1-3H3,(H2,17,18,19);1H. The number of aromatic nitrogens is 3. The zero-order valence-electron chi connectivity index (χ0n) is 15.2. The number of guanidine groups is 1. The number of nitrogens with zero attached hydrogens (tertiary/aromatic N) is 5. The highest BCUT2D eigenvalue weighted by atomic mass is 127. The second-order valence-electron chi connectivity index (χ2n) is 6.16. The average molecular weight is 449 g/mol. The van der Waals surface area contributed by atoms with E-state index in [4.69, 9.17) is 0 Å². The maximum atomic E-state index is 4.61. The minimum Gasteiger partial charge on any atom is -0.357 e.